The molecule has 6 nitrogen and oxygen atoms in total. The van der Waals surface area contributed by atoms with Gasteiger partial charge in [-0.3, -0.25) is 4.79 Å². The Balaban J connectivity index is 1.20. The van der Waals surface area contributed by atoms with Gasteiger partial charge in [0.2, 0.25) is 0 Å². The van der Waals surface area contributed by atoms with Crippen molar-refractivity contribution in [2.45, 2.75) is 77.4 Å². The van der Waals surface area contributed by atoms with Crippen LogP contribution in [0.1, 0.15) is 65.2 Å². The number of carbonyl (C=O) groups is 1. The van der Waals surface area contributed by atoms with Crippen LogP contribution in [0.2, 0.25) is 5.02 Å². The topological polar surface area (TPSA) is 77.2 Å². The summed E-state index contributed by atoms with van der Waals surface area (Å²) in [6.07, 6.45) is 8.70. The van der Waals surface area contributed by atoms with Gasteiger partial charge in [0.15, 0.2) is 5.78 Å². The lowest BCUT2D eigenvalue weighted by molar-refractivity contribution is -0.143. The predicted octanol–water partition coefficient (Wildman–Crippen LogP) is 5.55. The normalized spacial score (nSPS) is 42.1. The molecular weight excluding hydrogens is 474 g/mol. The van der Waals surface area contributed by atoms with Crippen molar-refractivity contribution in [1.29, 1.82) is 0 Å². The molecule has 0 spiro atoms. The molecule has 1 aromatic heterocycles. The Hall–Kier alpha value is -1.50. The molecule has 1 aromatic carbocycles. The second-order valence-electron chi connectivity index (χ2n) is 13.0. The second kappa shape index (κ2) is 9.06. The molecule has 4 aliphatic carbocycles. The smallest absolute Gasteiger partial charge is 0.159 e. The molecule has 1 heterocycles. The van der Waals surface area contributed by atoms with E-state index in [2.05, 4.69) is 17.1 Å². The van der Waals surface area contributed by atoms with Crippen molar-refractivity contribution in [3.05, 3.63) is 23.2 Å². The molecule has 36 heavy (non-hydrogen) atoms. The van der Waals surface area contributed by atoms with Crippen LogP contribution in [0.25, 0.3) is 11.0 Å². The number of aromatic nitrogens is 3. The first-order valence-corrected chi connectivity index (χ1v) is 14.3. The third kappa shape index (κ3) is 4.12. The first-order chi connectivity index (χ1) is 17.2. The molecule has 4 saturated carbocycles. The SMILES string of the molecule is COC[C@@H]1C[C@@](C)(O)C[C@H]2CC[C@@H]3[C@H](CC[C@]4(C)[C@@H](C(=O)Cn5nc6ccc(Cl)cc6n5)CC[C@@H]34)C21. The molecule has 0 aliphatic heterocycles. The summed E-state index contributed by atoms with van der Waals surface area (Å²) in [6.45, 7) is 5.42. The molecule has 6 rings (SSSR count). The number of halogens is 1. The Morgan fingerprint density at radius 1 is 1.11 bits per heavy atom. The van der Waals surface area contributed by atoms with E-state index in [1.807, 2.05) is 19.1 Å². The molecule has 7 heteroatoms. The highest BCUT2D eigenvalue weighted by atomic mass is 35.5. The molecular formula is C29H40ClN3O3. The number of fused-ring (bicyclic) bond motifs is 6. The fourth-order valence-electron chi connectivity index (χ4n) is 9.65. The lowest BCUT2D eigenvalue weighted by atomic mass is 9.47. The third-order valence-electron chi connectivity index (χ3n) is 10.8. The van der Waals surface area contributed by atoms with E-state index < -0.39 is 5.60 Å². The number of nitrogens with zero attached hydrogens (tertiary/aromatic N) is 3. The van der Waals surface area contributed by atoms with Gasteiger partial charge < -0.3 is 9.84 Å². The number of aliphatic hydroxyl groups is 1. The average molecular weight is 514 g/mol. The molecule has 1 N–H and O–H groups in total. The van der Waals surface area contributed by atoms with Crippen LogP contribution in [-0.4, -0.2) is 45.2 Å². The van der Waals surface area contributed by atoms with Crippen LogP contribution in [0.3, 0.4) is 0 Å². The molecule has 4 fully saturated rings. The Labute approximate surface area is 219 Å². The summed E-state index contributed by atoms with van der Waals surface area (Å²) in [7, 11) is 1.80. The standard InChI is InChI=1S/C29H40ClN3O3/c1-28(35)13-17-4-6-20-21(27(17)18(14-28)16-36-3)10-11-29(2)22(20)7-8-23(29)26(34)15-33-31-24-9-5-19(30)12-25(24)32-33/h5,9,12,17-18,20-23,27,35H,4,6-8,10-11,13-16H2,1-3H3/t17-,18+,20-,21+,22+,23-,27?,28+,29+/m1/s1. The van der Waals surface area contributed by atoms with Crippen LogP contribution in [0.15, 0.2) is 18.2 Å². The second-order valence-corrected chi connectivity index (χ2v) is 13.4. The van der Waals surface area contributed by atoms with E-state index in [-0.39, 0.29) is 23.7 Å². The fraction of sp³-hybridized carbons (Fsp3) is 0.759. The fourth-order valence-corrected chi connectivity index (χ4v) is 9.81. The maximum atomic E-state index is 13.6. The molecule has 0 amide bonds. The van der Waals surface area contributed by atoms with Crippen LogP contribution < -0.4 is 0 Å². The highest BCUT2D eigenvalue weighted by Gasteiger charge is 2.60. The maximum absolute atomic E-state index is 13.6. The molecule has 0 radical (unpaired) electrons. The van der Waals surface area contributed by atoms with Crippen molar-refractivity contribution in [1.82, 2.24) is 15.0 Å². The Kier molecular flexibility index (Phi) is 6.24. The van der Waals surface area contributed by atoms with Crippen molar-refractivity contribution < 1.29 is 14.6 Å². The van der Waals surface area contributed by atoms with E-state index >= 15 is 0 Å². The Morgan fingerprint density at radius 3 is 2.72 bits per heavy atom. The van der Waals surface area contributed by atoms with Crippen molar-refractivity contribution in [3.63, 3.8) is 0 Å². The number of Topliss-reactive ketones (excluding diaryl/α,β-unsaturated/α-hetero) is 1. The minimum atomic E-state index is -0.568. The van der Waals surface area contributed by atoms with Gasteiger partial charge in [-0.25, -0.2) is 0 Å². The third-order valence-corrected chi connectivity index (χ3v) is 11.0. The monoisotopic (exact) mass is 513 g/mol. The molecule has 196 valence electrons. The highest BCUT2D eigenvalue weighted by Crippen LogP contribution is 2.65. The number of methoxy groups -OCH3 is 1. The largest absolute Gasteiger partial charge is 0.390 e. The van der Waals surface area contributed by atoms with Gasteiger partial charge in [0, 0.05) is 24.7 Å². The zero-order valence-corrected chi connectivity index (χ0v) is 22.6. The maximum Gasteiger partial charge on any atom is 0.159 e. The van der Waals surface area contributed by atoms with Crippen molar-refractivity contribution in [3.8, 4) is 0 Å². The summed E-state index contributed by atoms with van der Waals surface area (Å²) in [5.41, 5.74) is 1.01. The summed E-state index contributed by atoms with van der Waals surface area (Å²) < 4.78 is 5.67. The van der Waals surface area contributed by atoms with Gasteiger partial charge in [-0.05, 0) is 117 Å². The van der Waals surface area contributed by atoms with E-state index in [0.717, 1.165) is 49.7 Å². The van der Waals surface area contributed by atoms with Crippen LogP contribution >= 0.6 is 11.6 Å². The highest BCUT2D eigenvalue weighted by molar-refractivity contribution is 6.31. The average Bonchev–Trinajstić information content (AvgIpc) is 3.37. The predicted molar refractivity (Wildman–Crippen MR) is 140 cm³/mol. The quantitative estimate of drug-likeness (QED) is 0.567. The summed E-state index contributed by atoms with van der Waals surface area (Å²) in [4.78, 5) is 15.2. The molecule has 2 aromatic rings. The van der Waals surface area contributed by atoms with Gasteiger partial charge in [-0.15, -0.1) is 0 Å². The minimum Gasteiger partial charge on any atom is -0.390 e. The Bertz CT molecular complexity index is 1150. The molecule has 1 unspecified atom stereocenters. The van der Waals surface area contributed by atoms with Crippen LogP contribution in [0, 0.1) is 46.8 Å². The minimum absolute atomic E-state index is 0.0673. The summed E-state index contributed by atoms with van der Waals surface area (Å²) in [5.74, 6) is 4.06. The zero-order chi connectivity index (χ0) is 25.2. The van der Waals surface area contributed by atoms with Gasteiger partial charge in [0.05, 0.1) is 5.60 Å². The number of hydrogen-bond acceptors (Lipinski definition) is 5. The van der Waals surface area contributed by atoms with E-state index in [4.69, 9.17) is 16.3 Å². The Morgan fingerprint density at radius 2 is 1.92 bits per heavy atom. The number of rotatable bonds is 5. The molecule has 0 saturated heterocycles. The summed E-state index contributed by atoms with van der Waals surface area (Å²) in [5, 5.41) is 20.7. The lowest BCUT2D eigenvalue weighted by Gasteiger charge is -2.58. The van der Waals surface area contributed by atoms with Gasteiger partial charge in [-0.1, -0.05) is 18.5 Å². The van der Waals surface area contributed by atoms with Crippen molar-refractivity contribution in [2.75, 3.05) is 13.7 Å². The number of carbonyl (C=O) groups excluding carboxylic acids is 1. The first-order valence-electron chi connectivity index (χ1n) is 13.9. The van der Waals surface area contributed by atoms with E-state index in [9.17, 15) is 9.90 Å². The van der Waals surface area contributed by atoms with E-state index in [1.165, 1.54) is 19.3 Å². The molecule has 4 aliphatic rings. The van der Waals surface area contributed by atoms with Crippen LogP contribution in [-0.2, 0) is 16.1 Å². The van der Waals surface area contributed by atoms with Gasteiger partial charge in [0.1, 0.15) is 17.6 Å². The van der Waals surface area contributed by atoms with E-state index in [0.29, 0.717) is 40.5 Å². The first kappa shape index (κ1) is 24.8. The lowest BCUT2D eigenvalue weighted by Crippen LogP contribution is -2.54. The number of ketones is 1. The molecule has 9 atom stereocenters. The number of ether oxygens (including phenoxy) is 1. The van der Waals surface area contributed by atoms with Crippen LogP contribution in [0.5, 0.6) is 0 Å². The van der Waals surface area contributed by atoms with Crippen molar-refractivity contribution in [2.24, 2.45) is 46.8 Å². The zero-order valence-electron chi connectivity index (χ0n) is 21.8. The number of benzene rings is 1. The summed E-state index contributed by atoms with van der Waals surface area (Å²) in [6, 6.07) is 5.47. The van der Waals surface area contributed by atoms with Gasteiger partial charge in [0.25, 0.3) is 0 Å². The van der Waals surface area contributed by atoms with Gasteiger partial charge in [-0.2, -0.15) is 15.0 Å². The van der Waals surface area contributed by atoms with Gasteiger partial charge >= 0.3 is 0 Å². The molecule has 0 bridgehead atoms. The van der Waals surface area contributed by atoms with E-state index in [1.54, 1.807) is 18.0 Å². The number of hydrogen-bond donors (Lipinski definition) is 1. The summed E-state index contributed by atoms with van der Waals surface area (Å²) >= 11 is 6.11. The van der Waals surface area contributed by atoms with Crippen molar-refractivity contribution >= 4 is 28.4 Å². The van der Waals surface area contributed by atoms with Crippen LogP contribution in [0.4, 0.5) is 0 Å².